The van der Waals surface area contributed by atoms with Gasteiger partial charge in [-0.15, -0.1) is 0 Å². The Morgan fingerprint density at radius 1 is 0.786 bits per heavy atom. The van der Waals surface area contributed by atoms with E-state index in [-0.39, 0.29) is 5.82 Å². The van der Waals surface area contributed by atoms with Crippen LogP contribution in [0.15, 0.2) is 60.7 Å². The van der Waals surface area contributed by atoms with Crippen LogP contribution in [0.3, 0.4) is 0 Å². The summed E-state index contributed by atoms with van der Waals surface area (Å²) in [6.45, 7) is 6.02. The van der Waals surface area contributed by atoms with Crippen LogP contribution in [0.5, 0.6) is 0 Å². The van der Waals surface area contributed by atoms with E-state index in [4.69, 9.17) is 0 Å². The molecule has 3 rings (SSSR count). The first-order valence-corrected chi connectivity index (χ1v) is 10.0. The van der Waals surface area contributed by atoms with Gasteiger partial charge in [0, 0.05) is 5.56 Å². The first kappa shape index (κ1) is 19.9. The molecule has 0 aromatic heterocycles. The Bertz CT molecular complexity index is 960. The van der Waals surface area contributed by atoms with Crippen LogP contribution in [0.1, 0.15) is 54.0 Å². The number of rotatable bonds is 5. The Labute approximate surface area is 168 Å². The molecule has 142 valence electrons. The van der Waals surface area contributed by atoms with Gasteiger partial charge in [0.05, 0.1) is 5.56 Å². The normalized spacial score (nSPS) is 10.4. The van der Waals surface area contributed by atoms with E-state index in [1.54, 1.807) is 0 Å². The van der Waals surface area contributed by atoms with E-state index in [1.807, 2.05) is 32.0 Å². The smallest absolute Gasteiger partial charge is 0.139 e. The molecule has 0 aliphatic carbocycles. The summed E-state index contributed by atoms with van der Waals surface area (Å²) in [4.78, 5) is 0. The minimum atomic E-state index is -0.249. The van der Waals surface area contributed by atoms with Gasteiger partial charge < -0.3 is 0 Å². The summed E-state index contributed by atoms with van der Waals surface area (Å²) in [6.07, 6.45) is 4.95. The van der Waals surface area contributed by atoms with Crippen LogP contribution in [0, 0.1) is 31.5 Å². The first-order valence-electron chi connectivity index (χ1n) is 10.0. The molecule has 0 heterocycles. The fourth-order valence-electron chi connectivity index (χ4n) is 3.40. The summed E-state index contributed by atoms with van der Waals surface area (Å²) in [5.41, 5.74) is 6.94. The molecular weight excluding hydrogens is 343 g/mol. The Morgan fingerprint density at radius 2 is 1.43 bits per heavy atom. The molecule has 0 radical (unpaired) electrons. The van der Waals surface area contributed by atoms with Crippen molar-refractivity contribution in [2.75, 3.05) is 0 Å². The van der Waals surface area contributed by atoms with E-state index in [0.29, 0.717) is 5.56 Å². The van der Waals surface area contributed by atoms with Crippen molar-refractivity contribution < 1.29 is 4.39 Å². The summed E-state index contributed by atoms with van der Waals surface area (Å²) < 4.78 is 14.1. The van der Waals surface area contributed by atoms with Gasteiger partial charge in [-0.25, -0.2) is 4.39 Å². The van der Waals surface area contributed by atoms with Crippen molar-refractivity contribution in [2.24, 2.45) is 0 Å². The van der Waals surface area contributed by atoms with Crippen molar-refractivity contribution in [1.29, 1.82) is 0 Å². The van der Waals surface area contributed by atoms with Crippen molar-refractivity contribution in [2.45, 2.75) is 46.5 Å². The average molecular weight is 371 g/mol. The van der Waals surface area contributed by atoms with Crippen molar-refractivity contribution in [3.63, 3.8) is 0 Å². The van der Waals surface area contributed by atoms with Crippen LogP contribution in [-0.2, 0) is 6.42 Å². The minimum Gasteiger partial charge on any atom is -0.206 e. The van der Waals surface area contributed by atoms with Crippen molar-refractivity contribution >= 4 is 0 Å². The van der Waals surface area contributed by atoms with Gasteiger partial charge in [0.2, 0.25) is 0 Å². The molecular formula is C27H27F. The fraction of sp³-hybridized carbons (Fsp3) is 0.259. The van der Waals surface area contributed by atoms with Gasteiger partial charge in [0.15, 0.2) is 0 Å². The van der Waals surface area contributed by atoms with Crippen molar-refractivity contribution in [1.82, 2.24) is 0 Å². The zero-order chi connectivity index (χ0) is 19.9. The number of hydrogen-bond donors (Lipinski definition) is 0. The lowest BCUT2D eigenvalue weighted by Crippen LogP contribution is -1.90. The van der Waals surface area contributed by atoms with Gasteiger partial charge in [-0.2, -0.15) is 0 Å². The standard InChI is InChI=1S/C27H27F/c1-4-5-6-7-22-8-13-24(14-9-22)25-15-10-23(11-16-25)12-17-26-21(3)18-20(2)19-27(26)28/h8-11,13-16,18-19H,4-7H2,1-3H3. The van der Waals surface area contributed by atoms with Crippen LogP contribution in [0.25, 0.3) is 11.1 Å². The summed E-state index contributed by atoms with van der Waals surface area (Å²) in [6, 6.07) is 20.5. The molecule has 0 spiro atoms. The van der Waals surface area contributed by atoms with E-state index in [1.165, 1.54) is 42.0 Å². The summed E-state index contributed by atoms with van der Waals surface area (Å²) in [5.74, 6) is 5.83. The van der Waals surface area contributed by atoms with Gasteiger partial charge in [0.25, 0.3) is 0 Å². The average Bonchev–Trinajstić information content (AvgIpc) is 2.68. The predicted molar refractivity (Wildman–Crippen MR) is 117 cm³/mol. The third kappa shape index (κ3) is 5.11. The quantitative estimate of drug-likeness (QED) is 0.328. The first-order chi connectivity index (χ1) is 13.6. The second kappa shape index (κ2) is 9.38. The number of halogens is 1. The zero-order valence-corrected chi connectivity index (χ0v) is 17.0. The molecule has 0 amide bonds. The molecule has 1 heteroatoms. The molecule has 0 bridgehead atoms. The molecule has 0 saturated heterocycles. The number of unbranched alkanes of at least 4 members (excludes halogenated alkanes) is 2. The van der Waals surface area contributed by atoms with Crippen LogP contribution < -0.4 is 0 Å². The lowest BCUT2D eigenvalue weighted by molar-refractivity contribution is 0.622. The molecule has 0 nitrogen and oxygen atoms in total. The highest BCUT2D eigenvalue weighted by atomic mass is 19.1. The summed E-state index contributed by atoms with van der Waals surface area (Å²) in [7, 11) is 0. The van der Waals surface area contributed by atoms with E-state index in [9.17, 15) is 4.39 Å². The third-order valence-electron chi connectivity index (χ3n) is 5.00. The molecule has 0 unspecified atom stereocenters. The second-order valence-corrected chi connectivity index (χ2v) is 7.42. The number of benzene rings is 3. The SMILES string of the molecule is CCCCCc1ccc(-c2ccc(C#Cc3c(C)cc(C)cc3F)cc2)cc1. The minimum absolute atomic E-state index is 0.249. The van der Waals surface area contributed by atoms with E-state index >= 15 is 0 Å². The number of hydrogen-bond acceptors (Lipinski definition) is 0. The van der Waals surface area contributed by atoms with Gasteiger partial charge in [-0.3, -0.25) is 0 Å². The highest BCUT2D eigenvalue weighted by Crippen LogP contribution is 2.21. The van der Waals surface area contributed by atoms with Crippen LogP contribution in [0.4, 0.5) is 4.39 Å². The van der Waals surface area contributed by atoms with E-state index in [2.05, 4.69) is 55.2 Å². The molecule has 0 fully saturated rings. The van der Waals surface area contributed by atoms with Crippen LogP contribution in [-0.4, -0.2) is 0 Å². The largest absolute Gasteiger partial charge is 0.206 e. The van der Waals surface area contributed by atoms with E-state index in [0.717, 1.165) is 23.1 Å². The van der Waals surface area contributed by atoms with Gasteiger partial charge in [-0.1, -0.05) is 74.1 Å². The highest BCUT2D eigenvalue weighted by Gasteiger charge is 2.04. The van der Waals surface area contributed by atoms with Crippen LogP contribution in [0.2, 0.25) is 0 Å². The lowest BCUT2D eigenvalue weighted by atomic mass is 10.0. The summed E-state index contributed by atoms with van der Waals surface area (Å²) >= 11 is 0. The second-order valence-electron chi connectivity index (χ2n) is 7.42. The molecule has 0 saturated carbocycles. The Morgan fingerprint density at radius 3 is 2.04 bits per heavy atom. The fourth-order valence-corrected chi connectivity index (χ4v) is 3.40. The zero-order valence-electron chi connectivity index (χ0n) is 17.0. The highest BCUT2D eigenvalue weighted by molar-refractivity contribution is 5.65. The molecule has 0 aliphatic heterocycles. The lowest BCUT2D eigenvalue weighted by Gasteiger charge is -2.05. The molecule has 0 atom stereocenters. The molecule has 3 aromatic carbocycles. The van der Waals surface area contributed by atoms with E-state index < -0.39 is 0 Å². The molecule has 3 aromatic rings. The maximum Gasteiger partial charge on any atom is 0.139 e. The maximum atomic E-state index is 14.1. The molecule has 0 aliphatic rings. The van der Waals surface area contributed by atoms with Gasteiger partial charge in [-0.05, 0) is 72.7 Å². The Kier molecular flexibility index (Phi) is 6.66. The summed E-state index contributed by atoms with van der Waals surface area (Å²) in [5, 5.41) is 0. The van der Waals surface area contributed by atoms with Crippen LogP contribution >= 0.6 is 0 Å². The van der Waals surface area contributed by atoms with Gasteiger partial charge >= 0.3 is 0 Å². The van der Waals surface area contributed by atoms with Gasteiger partial charge in [0.1, 0.15) is 5.82 Å². The predicted octanol–water partition coefficient (Wildman–Crippen LogP) is 7.24. The third-order valence-corrected chi connectivity index (χ3v) is 5.00. The topological polar surface area (TPSA) is 0 Å². The maximum absolute atomic E-state index is 14.1. The molecule has 0 N–H and O–H groups in total. The monoisotopic (exact) mass is 370 g/mol. The van der Waals surface area contributed by atoms with Crippen molar-refractivity contribution in [3.8, 4) is 23.0 Å². The van der Waals surface area contributed by atoms with Crippen molar-refractivity contribution in [3.05, 3.63) is 94.3 Å². The Balaban J connectivity index is 1.73. The number of aryl methyl sites for hydroxylation is 3. The molecule has 28 heavy (non-hydrogen) atoms. The Hall–Kier alpha value is -2.85.